The summed E-state index contributed by atoms with van der Waals surface area (Å²) in [5.41, 5.74) is 0. The summed E-state index contributed by atoms with van der Waals surface area (Å²) in [6.45, 7) is 8.08. The monoisotopic (exact) mass is 246 g/mol. The van der Waals surface area contributed by atoms with Crippen LogP contribution in [0, 0.1) is 0 Å². The number of rotatable bonds is 9. The first-order chi connectivity index (χ1) is 8.26. The van der Waals surface area contributed by atoms with Crippen molar-refractivity contribution in [3.8, 4) is 0 Å². The van der Waals surface area contributed by atoms with Gasteiger partial charge in [-0.2, -0.15) is 0 Å². The number of hydrogen-bond donors (Lipinski definition) is 0. The third kappa shape index (κ3) is 6.14. The molecule has 5 heteroatoms. The van der Waals surface area contributed by atoms with Crippen molar-refractivity contribution in [3.05, 3.63) is 12.7 Å². The Labute approximate surface area is 103 Å². The standard InChI is InChI=1S/C12H22O5/c1-4-5-14-6-11(13-3)7-15-8-12-9-16-10(2)17-12/h4,10-12H,1,5-9H2,2-3H3. The Balaban J connectivity index is 2.04. The first-order valence-corrected chi connectivity index (χ1v) is 5.82. The molecule has 0 bridgehead atoms. The lowest BCUT2D eigenvalue weighted by atomic mass is 10.4. The lowest BCUT2D eigenvalue weighted by molar-refractivity contribution is -0.0763. The number of ether oxygens (including phenoxy) is 5. The first-order valence-electron chi connectivity index (χ1n) is 5.82. The fraction of sp³-hybridized carbons (Fsp3) is 0.833. The minimum atomic E-state index is -0.127. The maximum absolute atomic E-state index is 5.51. The van der Waals surface area contributed by atoms with E-state index in [1.807, 2.05) is 6.92 Å². The highest BCUT2D eigenvalue weighted by molar-refractivity contribution is 4.66. The van der Waals surface area contributed by atoms with Gasteiger partial charge in [0.1, 0.15) is 12.2 Å². The van der Waals surface area contributed by atoms with Gasteiger partial charge < -0.3 is 23.7 Å². The van der Waals surface area contributed by atoms with Crippen molar-refractivity contribution in [2.45, 2.75) is 25.4 Å². The Morgan fingerprint density at radius 2 is 2.18 bits per heavy atom. The van der Waals surface area contributed by atoms with Crippen LogP contribution in [0.3, 0.4) is 0 Å². The summed E-state index contributed by atoms with van der Waals surface area (Å²) in [5.74, 6) is 0. The summed E-state index contributed by atoms with van der Waals surface area (Å²) in [7, 11) is 1.64. The van der Waals surface area contributed by atoms with Gasteiger partial charge in [0.05, 0.1) is 33.0 Å². The Hall–Kier alpha value is -0.460. The van der Waals surface area contributed by atoms with Crippen molar-refractivity contribution >= 4 is 0 Å². The molecule has 3 unspecified atom stereocenters. The second-order valence-corrected chi connectivity index (χ2v) is 3.88. The second-order valence-electron chi connectivity index (χ2n) is 3.88. The summed E-state index contributed by atoms with van der Waals surface area (Å²) in [6, 6.07) is 0. The van der Waals surface area contributed by atoms with Crippen LogP contribution in [0.5, 0.6) is 0 Å². The van der Waals surface area contributed by atoms with Crippen LogP contribution in [-0.4, -0.2) is 58.6 Å². The third-order valence-corrected chi connectivity index (χ3v) is 2.38. The summed E-state index contributed by atoms with van der Waals surface area (Å²) in [4.78, 5) is 0. The molecule has 0 N–H and O–H groups in total. The normalized spacial score (nSPS) is 26.0. The minimum absolute atomic E-state index is 0.0246. The zero-order chi connectivity index (χ0) is 12.5. The van der Waals surface area contributed by atoms with Crippen molar-refractivity contribution in [1.82, 2.24) is 0 Å². The summed E-state index contributed by atoms with van der Waals surface area (Å²) >= 11 is 0. The molecule has 0 spiro atoms. The predicted octanol–water partition coefficient (Wildman–Crippen LogP) is 0.982. The van der Waals surface area contributed by atoms with Crippen molar-refractivity contribution in [3.63, 3.8) is 0 Å². The summed E-state index contributed by atoms with van der Waals surface area (Å²) in [5, 5.41) is 0. The van der Waals surface area contributed by atoms with E-state index in [2.05, 4.69) is 6.58 Å². The SMILES string of the molecule is C=CCOCC(COCC1COC(C)O1)OC. The van der Waals surface area contributed by atoms with Crippen LogP contribution >= 0.6 is 0 Å². The molecule has 5 nitrogen and oxygen atoms in total. The largest absolute Gasteiger partial charge is 0.377 e. The zero-order valence-electron chi connectivity index (χ0n) is 10.6. The Bertz CT molecular complexity index is 209. The molecule has 0 amide bonds. The molecule has 100 valence electrons. The Morgan fingerprint density at radius 3 is 2.76 bits per heavy atom. The van der Waals surface area contributed by atoms with Gasteiger partial charge in [-0.1, -0.05) is 6.08 Å². The first kappa shape index (κ1) is 14.6. The molecule has 1 saturated heterocycles. The number of methoxy groups -OCH3 is 1. The van der Waals surface area contributed by atoms with E-state index in [-0.39, 0.29) is 18.5 Å². The predicted molar refractivity (Wildman–Crippen MR) is 62.9 cm³/mol. The molecule has 0 radical (unpaired) electrons. The van der Waals surface area contributed by atoms with Crippen molar-refractivity contribution in [2.75, 3.05) is 40.1 Å². The average Bonchev–Trinajstić information content (AvgIpc) is 2.73. The maximum atomic E-state index is 5.51. The van der Waals surface area contributed by atoms with Crippen molar-refractivity contribution in [2.24, 2.45) is 0 Å². The fourth-order valence-electron chi connectivity index (χ4n) is 1.48. The molecule has 0 aromatic carbocycles. The summed E-state index contributed by atoms with van der Waals surface area (Å²) < 4.78 is 26.7. The molecular formula is C12H22O5. The Morgan fingerprint density at radius 1 is 1.41 bits per heavy atom. The van der Waals surface area contributed by atoms with Crippen LogP contribution in [-0.2, 0) is 23.7 Å². The molecular weight excluding hydrogens is 224 g/mol. The molecule has 1 fully saturated rings. The average molecular weight is 246 g/mol. The highest BCUT2D eigenvalue weighted by Gasteiger charge is 2.22. The van der Waals surface area contributed by atoms with E-state index in [4.69, 9.17) is 23.7 Å². The topological polar surface area (TPSA) is 46.2 Å². The van der Waals surface area contributed by atoms with Crippen molar-refractivity contribution in [1.29, 1.82) is 0 Å². The third-order valence-electron chi connectivity index (χ3n) is 2.38. The fourth-order valence-corrected chi connectivity index (χ4v) is 1.48. The maximum Gasteiger partial charge on any atom is 0.155 e. The van der Waals surface area contributed by atoms with E-state index in [1.165, 1.54) is 0 Å². The van der Waals surface area contributed by atoms with Crippen LogP contribution in [0.25, 0.3) is 0 Å². The highest BCUT2D eigenvalue weighted by Crippen LogP contribution is 2.10. The van der Waals surface area contributed by atoms with Crippen molar-refractivity contribution < 1.29 is 23.7 Å². The van der Waals surface area contributed by atoms with Crippen LogP contribution < -0.4 is 0 Å². The van der Waals surface area contributed by atoms with Crippen LogP contribution in [0.2, 0.25) is 0 Å². The molecule has 1 heterocycles. The number of hydrogen-bond acceptors (Lipinski definition) is 5. The molecule has 0 aromatic heterocycles. The lowest BCUT2D eigenvalue weighted by Gasteiger charge is -2.16. The van der Waals surface area contributed by atoms with Gasteiger partial charge in [-0.15, -0.1) is 6.58 Å². The second kappa shape index (κ2) is 8.60. The van der Waals surface area contributed by atoms with Gasteiger partial charge in [0.15, 0.2) is 6.29 Å². The van der Waals surface area contributed by atoms with Gasteiger partial charge in [-0.25, -0.2) is 0 Å². The van der Waals surface area contributed by atoms with Gasteiger partial charge in [-0.3, -0.25) is 0 Å². The van der Waals surface area contributed by atoms with Gasteiger partial charge in [-0.05, 0) is 6.92 Å². The zero-order valence-corrected chi connectivity index (χ0v) is 10.6. The van der Waals surface area contributed by atoms with E-state index in [9.17, 15) is 0 Å². The highest BCUT2D eigenvalue weighted by atomic mass is 16.7. The molecule has 0 saturated carbocycles. The Kier molecular flexibility index (Phi) is 7.39. The van der Waals surface area contributed by atoms with Gasteiger partial charge in [0.25, 0.3) is 0 Å². The van der Waals surface area contributed by atoms with E-state index < -0.39 is 0 Å². The van der Waals surface area contributed by atoms with Crippen LogP contribution in [0.1, 0.15) is 6.92 Å². The molecule has 0 aromatic rings. The molecule has 0 aliphatic carbocycles. The van der Waals surface area contributed by atoms with Gasteiger partial charge in [0, 0.05) is 7.11 Å². The quantitative estimate of drug-likeness (QED) is 0.448. The molecule has 1 aliphatic rings. The molecule has 17 heavy (non-hydrogen) atoms. The lowest BCUT2D eigenvalue weighted by Crippen LogP contribution is -2.27. The van der Waals surface area contributed by atoms with Crippen LogP contribution in [0.4, 0.5) is 0 Å². The smallest absolute Gasteiger partial charge is 0.155 e. The van der Waals surface area contributed by atoms with E-state index in [1.54, 1.807) is 13.2 Å². The van der Waals surface area contributed by atoms with E-state index in [0.717, 1.165) is 0 Å². The molecule has 1 rings (SSSR count). The van der Waals surface area contributed by atoms with E-state index >= 15 is 0 Å². The molecule has 1 aliphatic heterocycles. The van der Waals surface area contributed by atoms with Crippen LogP contribution in [0.15, 0.2) is 12.7 Å². The summed E-state index contributed by atoms with van der Waals surface area (Å²) in [6.07, 6.45) is 1.54. The van der Waals surface area contributed by atoms with Gasteiger partial charge in [0.2, 0.25) is 0 Å². The minimum Gasteiger partial charge on any atom is -0.377 e. The van der Waals surface area contributed by atoms with Gasteiger partial charge >= 0.3 is 0 Å². The molecule has 3 atom stereocenters. The van der Waals surface area contributed by atoms with E-state index in [0.29, 0.717) is 33.0 Å².